The average Bonchev–Trinajstić information content (AvgIpc) is 1.94. The molecule has 0 bridgehead atoms. The molecule has 0 saturated heterocycles. The van der Waals surface area contributed by atoms with E-state index in [2.05, 4.69) is 21.1 Å². The van der Waals surface area contributed by atoms with E-state index in [0.717, 1.165) is 11.1 Å². The van der Waals surface area contributed by atoms with Crippen LogP contribution < -0.4 is 17.0 Å². The van der Waals surface area contributed by atoms with Gasteiger partial charge in [-0.1, -0.05) is 6.42 Å². The summed E-state index contributed by atoms with van der Waals surface area (Å²) in [5, 5.41) is 0. The van der Waals surface area contributed by atoms with Gasteiger partial charge in [-0.05, 0) is 19.3 Å². The van der Waals surface area contributed by atoms with Crippen LogP contribution in [0.4, 0.5) is 0 Å². The highest BCUT2D eigenvalue weighted by Crippen LogP contribution is 2.02. The van der Waals surface area contributed by atoms with Gasteiger partial charge in [0.25, 0.3) is 0 Å². The third kappa shape index (κ3) is 15.2. The van der Waals surface area contributed by atoms with E-state index in [0.29, 0.717) is 0 Å². The van der Waals surface area contributed by atoms with Gasteiger partial charge in [0.05, 0.1) is 27.7 Å². The van der Waals surface area contributed by atoms with Crippen LogP contribution in [0.15, 0.2) is 0 Å². The number of nitrogens with zero attached hydrogens (tertiary/aromatic N) is 1. The highest BCUT2D eigenvalue weighted by Gasteiger charge is 2.04. The molecule has 0 aromatic heterocycles. The fourth-order valence-electron chi connectivity index (χ4n) is 1.19. The normalized spacial score (nSPS) is 11.1. The standard InChI is InChI=1S/C10H24NO.BrH/c1-11(2,3)9-7-5-6-8-10-12-4;/h5-10H2,1-4H3;1H/q+1;/p-1. The molecule has 0 aliphatic carbocycles. The molecule has 0 unspecified atom stereocenters. The van der Waals surface area contributed by atoms with Gasteiger partial charge in [-0.3, -0.25) is 0 Å². The van der Waals surface area contributed by atoms with E-state index in [-0.39, 0.29) is 17.0 Å². The van der Waals surface area contributed by atoms with Crippen LogP contribution in [0.1, 0.15) is 25.7 Å². The summed E-state index contributed by atoms with van der Waals surface area (Å²) in [5.74, 6) is 0. The minimum absolute atomic E-state index is 0. The zero-order valence-electron chi connectivity index (χ0n) is 9.48. The summed E-state index contributed by atoms with van der Waals surface area (Å²) in [6.07, 6.45) is 5.22. The fraction of sp³-hybridized carbons (Fsp3) is 1.00. The molecule has 0 amide bonds. The first kappa shape index (κ1) is 15.9. The maximum Gasteiger partial charge on any atom is 0.0780 e. The van der Waals surface area contributed by atoms with Crippen molar-refractivity contribution in [3.05, 3.63) is 0 Å². The molecular weight excluding hydrogens is 230 g/mol. The monoisotopic (exact) mass is 253 g/mol. The number of hydrogen-bond donors (Lipinski definition) is 0. The second kappa shape index (κ2) is 8.97. The minimum Gasteiger partial charge on any atom is -1.00 e. The van der Waals surface area contributed by atoms with Gasteiger partial charge in [-0.2, -0.15) is 0 Å². The van der Waals surface area contributed by atoms with E-state index in [9.17, 15) is 0 Å². The Morgan fingerprint density at radius 3 is 1.92 bits per heavy atom. The van der Waals surface area contributed by atoms with E-state index in [1.54, 1.807) is 7.11 Å². The molecule has 0 atom stereocenters. The number of hydrogen-bond acceptors (Lipinski definition) is 1. The van der Waals surface area contributed by atoms with Crippen LogP contribution in [0.25, 0.3) is 0 Å². The molecule has 3 heteroatoms. The Balaban J connectivity index is 0. The lowest BCUT2D eigenvalue weighted by atomic mass is 10.2. The lowest BCUT2D eigenvalue weighted by Crippen LogP contribution is -3.00. The van der Waals surface area contributed by atoms with Crippen molar-refractivity contribution in [3.8, 4) is 0 Å². The third-order valence-electron chi connectivity index (χ3n) is 1.93. The van der Waals surface area contributed by atoms with E-state index >= 15 is 0 Å². The van der Waals surface area contributed by atoms with E-state index in [1.165, 1.54) is 32.2 Å². The van der Waals surface area contributed by atoms with Gasteiger partial charge in [-0.25, -0.2) is 0 Å². The van der Waals surface area contributed by atoms with Crippen LogP contribution in [0.5, 0.6) is 0 Å². The maximum absolute atomic E-state index is 4.99. The average molecular weight is 254 g/mol. The zero-order chi connectivity index (χ0) is 9.45. The molecule has 0 radical (unpaired) electrons. The summed E-state index contributed by atoms with van der Waals surface area (Å²) in [4.78, 5) is 0. The number of halogens is 1. The summed E-state index contributed by atoms with van der Waals surface area (Å²) in [7, 11) is 8.51. The summed E-state index contributed by atoms with van der Waals surface area (Å²) in [5.41, 5.74) is 0. The van der Waals surface area contributed by atoms with E-state index < -0.39 is 0 Å². The molecule has 0 spiro atoms. The molecule has 82 valence electrons. The van der Waals surface area contributed by atoms with Gasteiger partial charge < -0.3 is 26.2 Å². The molecule has 0 fully saturated rings. The number of ether oxygens (including phenoxy) is 1. The van der Waals surface area contributed by atoms with Crippen LogP contribution in [0.3, 0.4) is 0 Å². The summed E-state index contributed by atoms with van der Waals surface area (Å²) < 4.78 is 6.07. The molecule has 2 nitrogen and oxygen atoms in total. The van der Waals surface area contributed by atoms with E-state index in [1.807, 2.05) is 0 Å². The van der Waals surface area contributed by atoms with Crippen molar-refractivity contribution in [3.63, 3.8) is 0 Å². The van der Waals surface area contributed by atoms with Crippen molar-refractivity contribution >= 4 is 0 Å². The molecule has 0 rings (SSSR count). The largest absolute Gasteiger partial charge is 1.00 e. The van der Waals surface area contributed by atoms with Crippen LogP contribution in [0.2, 0.25) is 0 Å². The smallest absolute Gasteiger partial charge is 0.0780 e. The van der Waals surface area contributed by atoms with Crippen molar-refractivity contribution in [2.45, 2.75) is 25.7 Å². The fourth-order valence-corrected chi connectivity index (χ4v) is 1.19. The molecule has 0 heterocycles. The Morgan fingerprint density at radius 1 is 0.923 bits per heavy atom. The van der Waals surface area contributed by atoms with Crippen molar-refractivity contribution in [2.75, 3.05) is 41.4 Å². The molecule has 13 heavy (non-hydrogen) atoms. The first-order valence-corrected chi connectivity index (χ1v) is 4.85. The Labute approximate surface area is 93.6 Å². The topological polar surface area (TPSA) is 9.23 Å². The Bertz CT molecular complexity index is 102. The molecule has 0 aromatic carbocycles. The number of methoxy groups -OCH3 is 1. The van der Waals surface area contributed by atoms with Gasteiger partial charge in [0.2, 0.25) is 0 Å². The van der Waals surface area contributed by atoms with Gasteiger partial charge in [0.15, 0.2) is 0 Å². The van der Waals surface area contributed by atoms with Crippen molar-refractivity contribution in [1.29, 1.82) is 0 Å². The van der Waals surface area contributed by atoms with Crippen LogP contribution in [-0.4, -0.2) is 45.9 Å². The molecule has 0 N–H and O–H groups in total. The molecule has 0 saturated carbocycles. The summed E-state index contributed by atoms with van der Waals surface area (Å²) >= 11 is 0. The van der Waals surface area contributed by atoms with Gasteiger partial charge >= 0.3 is 0 Å². The number of rotatable bonds is 7. The third-order valence-corrected chi connectivity index (χ3v) is 1.93. The van der Waals surface area contributed by atoms with Crippen molar-refractivity contribution in [2.24, 2.45) is 0 Å². The lowest BCUT2D eigenvalue weighted by molar-refractivity contribution is -0.870. The number of unbranched alkanes of at least 4 members (excludes halogenated alkanes) is 3. The number of quaternary nitrogens is 1. The minimum atomic E-state index is 0. The van der Waals surface area contributed by atoms with E-state index in [4.69, 9.17) is 4.74 Å². The van der Waals surface area contributed by atoms with Crippen molar-refractivity contribution < 1.29 is 26.2 Å². The second-order valence-corrected chi connectivity index (χ2v) is 4.42. The quantitative estimate of drug-likeness (QED) is 0.414. The first-order chi connectivity index (χ1) is 5.56. The highest BCUT2D eigenvalue weighted by molar-refractivity contribution is 4.41. The van der Waals surface area contributed by atoms with Crippen molar-refractivity contribution in [1.82, 2.24) is 0 Å². The maximum atomic E-state index is 4.99. The zero-order valence-corrected chi connectivity index (χ0v) is 11.1. The molecular formula is C10H24BrNO. The molecule has 0 aromatic rings. The second-order valence-electron chi connectivity index (χ2n) is 4.42. The Kier molecular flexibility index (Phi) is 10.9. The highest BCUT2D eigenvalue weighted by atomic mass is 79.9. The Hall–Kier alpha value is 0.400. The SMILES string of the molecule is COCCCCCC[N+](C)(C)C.[Br-]. The van der Waals surface area contributed by atoms with Gasteiger partial charge in [0, 0.05) is 13.7 Å². The van der Waals surface area contributed by atoms with Gasteiger partial charge in [0.1, 0.15) is 0 Å². The molecule has 0 aliphatic heterocycles. The predicted octanol–water partition coefficient (Wildman–Crippen LogP) is -1.10. The van der Waals surface area contributed by atoms with Crippen LogP contribution in [0, 0.1) is 0 Å². The summed E-state index contributed by atoms with van der Waals surface area (Å²) in [6.45, 7) is 2.21. The van der Waals surface area contributed by atoms with Gasteiger partial charge in [-0.15, -0.1) is 0 Å². The van der Waals surface area contributed by atoms with Crippen LogP contribution in [-0.2, 0) is 4.74 Å². The first-order valence-electron chi connectivity index (χ1n) is 4.85. The Morgan fingerprint density at radius 2 is 1.46 bits per heavy atom. The lowest BCUT2D eigenvalue weighted by Gasteiger charge is -2.23. The van der Waals surface area contributed by atoms with Crippen LogP contribution >= 0.6 is 0 Å². The summed E-state index contributed by atoms with van der Waals surface area (Å²) in [6, 6.07) is 0. The molecule has 0 aliphatic rings. The predicted molar refractivity (Wildman–Crippen MR) is 53.2 cm³/mol.